The predicted molar refractivity (Wildman–Crippen MR) is 64.3 cm³/mol. The number of alkyl halides is 1. The Morgan fingerprint density at radius 2 is 2.00 bits per heavy atom. The lowest BCUT2D eigenvalue weighted by molar-refractivity contribution is 0.221. The molecule has 0 heterocycles. The molecule has 0 aliphatic carbocycles. The zero-order chi connectivity index (χ0) is 11.6. The van der Waals surface area contributed by atoms with E-state index in [9.17, 15) is 4.39 Å². The molecular formula is C13H18FN. The Hall–Kier alpha value is -1.31. The van der Waals surface area contributed by atoms with E-state index in [1.807, 2.05) is 26.0 Å². The molecule has 0 fully saturated rings. The molecule has 0 amide bonds. The van der Waals surface area contributed by atoms with Gasteiger partial charge in [-0.3, -0.25) is 0 Å². The molecule has 82 valence electrons. The van der Waals surface area contributed by atoms with Crippen molar-refractivity contribution in [3.05, 3.63) is 35.4 Å². The molecule has 0 bridgehead atoms. The van der Waals surface area contributed by atoms with Gasteiger partial charge in [-0.25, -0.2) is 4.39 Å². The molecule has 1 nitrogen and oxygen atoms in total. The monoisotopic (exact) mass is 207 g/mol. The van der Waals surface area contributed by atoms with Crippen LogP contribution in [0.3, 0.4) is 0 Å². The van der Waals surface area contributed by atoms with E-state index >= 15 is 0 Å². The van der Waals surface area contributed by atoms with Crippen LogP contribution in [0.1, 0.15) is 38.8 Å². The van der Waals surface area contributed by atoms with Gasteiger partial charge in [0.25, 0.3) is 0 Å². The Bertz CT molecular complexity index is 386. The van der Waals surface area contributed by atoms with Crippen LogP contribution in [0.15, 0.2) is 24.3 Å². The molecule has 0 aromatic heterocycles. The molecule has 0 saturated heterocycles. The van der Waals surface area contributed by atoms with Gasteiger partial charge < -0.3 is 5.73 Å². The molecular weight excluding hydrogens is 189 g/mol. The van der Waals surface area contributed by atoms with Crippen LogP contribution in [0.5, 0.6) is 0 Å². The van der Waals surface area contributed by atoms with Gasteiger partial charge in [-0.15, -0.1) is 0 Å². The van der Waals surface area contributed by atoms with E-state index in [0.717, 1.165) is 11.1 Å². The molecule has 0 radical (unpaired) electrons. The normalized spacial score (nSPS) is 13.0. The number of nitrogens with two attached hydrogens (primary N) is 1. The van der Waals surface area contributed by atoms with Gasteiger partial charge in [0.1, 0.15) is 5.67 Å². The second-order valence-corrected chi connectivity index (χ2v) is 4.25. The minimum Gasteiger partial charge on any atom is -0.398 e. The van der Waals surface area contributed by atoms with Crippen LogP contribution in [-0.2, 0) is 5.67 Å². The summed E-state index contributed by atoms with van der Waals surface area (Å²) in [7, 11) is 0. The Labute approximate surface area is 90.8 Å². The second kappa shape index (κ2) is 4.05. The fraction of sp³-hybridized carbons (Fsp3) is 0.385. The summed E-state index contributed by atoms with van der Waals surface area (Å²) in [5.41, 5.74) is 7.86. The van der Waals surface area contributed by atoms with Gasteiger partial charge >= 0.3 is 0 Å². The lowest BCUT2D eigenvalue weighted by Gasteiger charge is -2.17. The summed E-state index contributed by atoms with van der Waals surface area (Å²) in [6, 6.07) is 5.32. The smallest absolute Gasteiger partial charge is 0.130 e. The third kappa shape index (κ3) is 2.58. The summed E-state index contributed by atoms with van der Waals surface area (Å²) in [6.07, 6.45) is 1.97. The topological polar surface area (TPSA) is 26.0 Å². The number of nitrogen functional groups attached to an aromatic ring is 1. The molecule has 0 saturated carbocycles. The van der Waals surface area contributed by atoms with Crippen molar-refractivity contribution in [1.82, 2.24) is 0 Å². The van der Waals surface area contributed by atoms with E-state index in [-0.39, 0.29) is 0 Å². The van der Waals surface area contributed by atoms with Crippen LogP contribution in [-0.4, -0.2) is 0 Å². The van der Waals surface area contributed by atoms with Crippen molar-refractivity contribution < 1.29 is 4.39 Å². The van der Waals surface area contributed by atoms with E-state index in [1.165, 1.54) is 0 Å². The summed E-state index contributed by atoms with van der Waals surface area (Å²) in [4.78, 5) is 0. The minimum absolute atomic E-state index is 0.660. The first-order chi connectivity index (χ1) is 6.86. The standard InChI is InChI=1S/C13H18FN/c1-5-9(2)11-8-10(13(3,4)14)6-7-12(11)15/h5-8H,15H2,1-4H3/b9-5+. The molecule has 0 aliphatic rings. The van der Waals surface area contributed by atoms with E-state index in [0.29, 0.717) is 11.3 Å². The average Bonchev–Trinajstić information content (AvgIpc) is 2.15. The number of halogens is 1. The van der Waals surface area contributed by atoms with Gasteiger partial charge in [-0.1, -0.05) is 12.1 Å². The molecule has 0 atom stereocenters. The summed E-state index contributed by atoms with van der Waals surface area (Å²) < 4.78 is 13.7. The molecule has 2 heteroatoms. The van der Waals surface area contributed by atoms with Gasteiger partial charge in [0.05, 0.1) is 0 Å². The maximum absolute atomic E-state index is 13.7. The molecule has 0 unspecified atom stereocenters. The molecule has 0 spiro atoms. The SMILES string of the molecule is C/C=C(\C)c1cc(C(C)(C)F)ccc1N. The number of anilines is 1. The van der Waals surface area contributed by atoms with E-state index < -0.39 is 5.67 Å². The first-order valence-electron chi connectivity index (χ1n) is 5.08. The van der Waals surface area contributed by atoms with E-state index in [1.54, 1.807) is 26.0 Å². The predicted octanol–water partition coefficient (Wildman–Crippen LogP) is 3.90. The van der Waals surface area contributed by atoms with E-state index in [2.05, 4.69) is 0 Å². The molecule has 2 N–H and O–H groups in total. The van der Waals surface area contributed by atoms with Crippen molar-refractivity contribution in [3.63, 3.8) is 0 Å². The number of hydrogen-bond donors (Lipinski definition) is 1. The van der Waals surface area contributed by atoms with Crippen LogP contribution < -0.4 is 5.73 Å². The number of hydrogen-bond acceptors (Lipinski definition) is 1. The summed E-state index contributed by atoms with van der Waals surface area (Å²) in [5.74, 6) is 0. The van der Waals surface area contributed by atoms with Crippen molar-refractivity contribution >= 4 is 11.3 Å². The third-order valence-corrected chi connectivity index (χ3v) is 2.60. The van der Waals surface area contributed by atoms with Crippen LogP contribution in [0.2, 0.25) is 0 Å². The van der Waals surface area contributed by atoms with Crippen LogP contribution in [0.4, 0.5) is 10.1 Å². The van der Waals surface area contributed by atoms with Gasteiger partial charge in [0.2, 0.25) is 0 Å². The lowest BCUT2D eigenvalue weighted by atomic mass is 9.94. The van der Waals surface area contributed by atoms with E-state index in [4.69, 9.17) is 5.73 Å². The van der Waals surface area contributed by atoms with Gasteiger partial charge in [-0.2, -0.15) is 0 Å². The summed E-state index contributed by atoms with van der Waals surface area (Å²) >= 11 is 0. The molecule has 15 heavy (non-hydrogen) atoms. The molecule has 0 aliphatic heterocycles. The first-order valence-corrected chi connectivity index (χ1v) is 5.08. The fourth-order valence-corrected chi connectivity index (χ4v) is 1.42. The fourth-order valence-electron chi connectivity index (χ4n) is 1.42. The van der Waals surface area contributed by atoms with Crippen LogP contribution >= 0.6 is 0 Å². The van der Waals surface area contributed by atoms with Crippen molar-refractivity contribution in [1.29, 1.82) is 0 Å². The lowest BCUT2D eigenvalue weighted by Crippen LogP contribution is -2.09. The first kappa shape index (κ1) is 11.8. The highest BCUT2D eigenvalue weighted by Gasteiger charge is 2.19. The molecule has 1 aromatic rings. The zero-order valence-electron chi connectivity index (χ0n) is 9.76. The molecule has 1 rings (SSSR count). The highest BCUT2D eigenvalue weighted by atomic mass is 19.1. The summed E-state index contributed by atoms with van der Waals surface area (Å²) in [5, 5.41) is 0. The Balaban J connectivity index is 3.29. The zero-order valence-corrected chi connectivity index (χ0v) is 9.76. The number of rotatable bonds is 2. The maximum atomic E-state index is 13.7. The highest BCUT2D eigenvalue weighted by molar-refractivity contribution is 5.74. The average molecular weight is 207 g/mol. The molecule has 1 aromatic carbocycles. The van der Waals surface area contributed by atoms with Gasteiger partial charge in [0, 0.05) is 11.3 Å². The van der Waals surface area contributed by atoms with Gasteiger partial charge in [-0.05, 0) is 51.0 Å². The van der Waals surface area contributed by atoms with Crippen LogP contribution in [0, 0.1) is 0 Å². The van der Waals surface area contributed by atoms with Crippen molar-refractivity contribution in [2.45, 2.75) is 33.4 Å². The summed E-state index contributed by atoms with van der Waals surface area (Å²) in [6.45, 7) is 7.02. The minimum atomic E-state index is -1.32. The third-order valence-electron chi connectivity index (χ3n) is 2.60. The second-order valence-electron chi connectivity index (χ2n) is 4.25. The Kier molecular flexibility index (Phi) is 3.18. The van der Waals surface area contributed by atoms with Crippen molar-refractivity contribution in [2.24, 2.45) is 0 Å². The number of allylic oxidation sites excluding steroid dienone is 2. The van der Waals surface area contributed by atoms with Crippen molar-refractivity contribution in [2.75, 3.05) is 5.73 Å². The largest absolute Gasteiger partial charge is 0.398 e. The Morgan fingerprint density at radius 1 is 1.40 bits per heavy atom. The number of benzene rings is 1. The quantitative estimate of drug-likeness (QED) is 0.731. The Morgan fingerprint density at radius 3 is 2.47 bits per heavy atom. The van der Waals surface area contributed by atoms with Crippen molar-refractivity contribution in [3.8, 4) is 0 Å². The maximum Gasteiger partial charge on any atom is 0.130 e. The highest BCUT2D eigenvalue weighted by Crippen LogP contribution is 2.30. The van der Waals surface area contributed by atoms with Crippen LogP contribution in [0.25, 0.3) is 5.57 Å². The van der Waals surface area contributed by atoms with Gasteiger partial charge in [0.15, 0.2) is 0 Å².